The molecule has 0 N–H and O–H groups in total. The van der Waals surface area contributed by atoms with Gasteiger partial charge in [-0.1, -0.05) is 43.3 Å². The van der Waals surface area contributed by atoms with Crippen LogP contribution in [0.3, 0.4) is 0 Å². The van der Waals surface area contributed by atoms with Gasteiger partial charge in [0.15, 0.2) is 0 Å². The van der Waals surface area contributed by atoms with E-state index < -0.39 is 7.60 Å². The highest BCUT2D eigenvalue weighted by atomic mass is 31.2. The van der Waals surface area contributed by atoms with E-state index in [1.807, 2.05) is 37.3 Å². The van der Waals surface area contributed by atoms with Gasteiger partial charge in [0.2, 0.25) is 0 Å². The minimum absolute atomic E-state index is 0.244. The second-order valence-electron chi connectivity index (χ2n) is 3.67. The fourth-order valence-electron chi connectivity index (χ4n) is 1.33. The quantitative estimate of drug-likeness (QED) is 0.519. The van der Waals surface area contributed by atoms with Gasteiger partial charge < -0.3 is 9.05 Å². The molecule has 0 saturated heterocycles. The smallest absolute Gasteiger partial charge is 0.308 e. The molecule has 0 saturated carbocycles. The number of hydrogen-bond donors (Lipinski definition) is 0. The van der Waals surface area contributed by atoms with Crippen molar-refractivity contribution in [2.24, 2.45) is 0 Å². The molecule has 0 fully saturated rings. The van der Waals surface area contributed by atoms with E-state index in [2.05, 4.69) is 6.58 Å². The van der Waals surface area contributed by atoms with Crippen molar-refractivity contribution in [1.82, 2.24) is 0 Å². The molecular weight excluding hydrogens is 235 g/mol. The summed E-state index contributed by atoms with van der Waals surface area (Å²) in [5.41, 5.74) is 0.955. The van der Waals surface area contributed by atoms with E-state index in [1.165, 1.54) is 0 Å². The number of benzene rings is 1. The third-order valence-corrected chi connectivity index (χ3v) is 3.97. The van der Waals surface area contributed by atoms with Crippen LogP contribution in [0.4, 0.5) is 0 Å². The lowest BCUT2D eigenvalue weighted by molar-refractivity contribution is 0.218. The molecule has 1 aromatic carbocycles. The molecule has 0 radical (unpaired) electrons. The van der Waals surface area contributed by atoms with Gasteiger partial charge in [-0.3, -0.25) is 4.57 Å². The van der Waals surface area contributed by atoms with Crippen molar-refractivity contribution in [2.45, 2.75) is 19.5 Å². The first-order valence-corrected chi connectivity index (χ1v) is 7.46. The van der Waals surface area contributed by atoms with Crippen molar-refractivity contribution in [2.75, 3.05) is 13.2 Å². The van der Waals surface area contributed by atoms with E-state index in [0.717, 1.165) is 12.0 Å². The van der Waals surface area contributed by atoms with Crippen LogP contribution in [0, 0.1) is 0 Å². The summed E-state index contributed by atoms with van der Waals surface area (Å²) in [5, 5.41) is 0. The van der Waals surface area contributed by atoms with Crippen molar-refractivity contribution in [3.8, 4) is 0 Å². The molecule has 0 bridgehead atoms. The zero-order chi connectivity index (χ0) is 12.6. The molecule has 17 heavy (non-hydrogen) atoms. The van der Waals surface area contributed by atoms with Gasteiger partial charge in [0.05, 0.1) is 19.4 Å². The molecule has 0 heterocycles. The molecule has 94 valence electrons. The van der Waals surface area contributed by atoms with Gasteiger partial charge >= 0.3 is 7.60 Å². The van der Waals surface area contributed by atoms with Gasteiger partial charge in [0, 0.05) is 0 Å². The van der Waals surface area contributed by atoms with E-state index in [9.17, 15) is 4.57 Å². The highest BCUT2D eigenvalue weighted by molar-refractivity contribution is 7.53. The predicted octanol–water partition coefficient (Wildman–Crippen LogP) is 4.01. The summed E-state index contributed by atoms with van der Waals surface area (Å²) in [6, 6.07) is 9.57. The summed E-state index contributed by atoms with van der Waals surface area (Å²) >= 11 is 0. The Hall–Kier alpha value is -0.890. The molecule has 0 aliphatic rings. The topological polar surface area (TPSA) is 35.5 Å². The first kappa shape index (κ1) is 14.2. The lowest BCUT2D eigenvalue weighted by atomic mass is 10.2. The normalized spacial score (nSPS) is 14.2. The summed E-state index contributed by atoms with van der Waals surface area (Å²) in [6.07, 6.45) is 2.70. The Morgan fingerprint density at radius 1 is 1.29 bits per heavy atom. The molecule has 1 atom stereocenters. The minimum atomic E-state index is -3.05. The first-order chi connectivity index (χ1) is 8.20. The summed E-state index contributed by atoms with van der Waals surface area (Å²) in [4.78, 5) is 0. The van der Waals surface area contributed by atoms with Crippen LogP contribution in [-0.2, 0) is 19.8 Å². The Morgan fingerprint density at radius 2 is 2.00 bits per heavy atom. The highest BCUT2D eigenvalue weighted by Gasteiger charge is 2.24. The average molecular weight is 254 g/mol. The zero-order valence-electron chi connectivity index (χ0n) is 10.2. The fourth-order valence-corrected chi connectivity index (χ4v) is 3.04. The molecular formula is C13H19O3P. The van der Waals surface area contributed by atoms with E-state index in [1.54, 1.807) is 6.08 Å². The second kappa shape index (κ2) is 7.44. The van der Waals surface area contributed by atoms with Crippen molar-refractivity contribution >= 4 is 7.60 Å². The van der Waals surface area contributed by atoms with Gasteiger partial charge in [-0.15, -0.1) is 6.58 Å². The molecule has 1 aromatic rings. The molecule has 3 nitrogen and oxygen atoms in total. The third kappa shape index (κ3) is 5.31. The van der Waals surface area contributed by atoms with Crippen LogP contribution in [0.25, 0.3) is 0 Å². The predicted molar refractivity (Wildman–Crippen MR) is 70.1 cm³/mol. The maximum atomic E-state index is 12.4. The Kier molecular flexibility index (Phi) is 6.20. The average Bonchev–Trinajstić information content (AvgIpc) is 2.35. The summed E-state index contributed by atoms with van der Waals surface area (Å²) in [7, 11) is -3.05. The van der Waals surface area contributed by atoms with Crippen molar-refractivity contribution in [1.29, 1.82) is 0 Å². The van der Waals surface area contributed by atoms with Gasteiger partial charge in [0.1, 0.15) is 0 Å². The van der Waals surface area contributed by atoms with Crippen LogP contribution in [-0.4, -0.2) is 13.2 Å². The Bertz CT molecular complexity index is 376. The lowest BCUT2D eigenvalue weighted by Gasteiger charge is -2.17. The van der Waals surface area contributed by atoms with Crippen molar-refractivity contribution < 1.29 is 13.6 Å². The maximum Gasteiger partial charge on any atom is 0.335 e. The fraction of sp³-hybridized carbons (Fsp3) is 0.385. The van der Waals surface area contributed by atoms with Crippen LogP contribution < -0.4 is 0 Å². The Labute approximate surface area is 103 Å². The summed E-state index contributed by atoms with van der Waals surface area (Å²) in [5.74, 6) is 0. The van der Waals surface area contributed by atoms with E-state index >= 15 is 0 Å². The second-order valence-corrected chi connectivity index (χ2v) is 5.73. The molecule has 0 aromatic heterocycles. The van der Waals surface area contributed by atoms with Crippen LogP contribution >= 0.6 is 7.60 Å². The molecule has 0 aliphatic carbocycles. The number of hydrogen-bond acceptors (Lipinski definition) is 3. The SMILES string of the molecule is C=CCOP(=O)(Cc1ccccc1)OCCC. The summed E-state index contributed by atoms with van der Waals surface area (Å²) in [6.45, 7) is 6.21. The molecule has 4 heteroatoms. The Morgan fingerprint density at radius 3 is 2.59 bits per heavy atom. The van der Waals surface area contributed by atoms with Gasteiger partial charge in [0.25, 0.3) is 0 Å². The lowest BCUT2D eigenvalue weighted by Crippen LogP contribution is -2.00. The Balaban J connectivity index is 2.68. The molecule has 0 spiro atoms. The van der Waals surface area contributed by atoms with Gasteiger partial charge in [-0.25, -0.2) is 0 Å². The van der Waals surface area contributed by atoms with Crippen LogP contribution in [0.2, 0.25) is 0 Å². The van der Waals surface area contributed by atoms with E-state index in [0.29, 0.717) is 12.8 Å². The van der Waals surface area contributed by atoms with Crippen LogP contribution in [0.1, 0.15) is 18.9 Å². The van der Waals surface area contributed by atoms with Gasteiger partial charge in [-0.05, 0) is 12.0 Å². The molecule has 0 amide bonds. The largest absolute Gasteiger partial charge is 0.335 e. The molecule has 1 rings (SSSR count). The molecule has 0 aliphatic heterocycles. The monoisotopic (exact) mass is 254 g/mol. The van der Waals surface area contributed by atoms with Crippen molar-refractivity contribution in [3.63, 3.8) is 0 Å². The standard InChI is InChI=1S/C13H19O3P/c1-3-10-15-17(14,16-11-4-2)12-13-8-6-5-7-9-13/h3,5-9H,1,4,10-12H2,2H3. The minimum Gasteiger partial charge on any atom is -0.308 e. The highest BCUT2D eigenvalue weighted by Crippen LogP contribution is 2.51. The van der Waals surface area contributed by atoms with E-state index in [4.69, 9.17) is 9.05 Å². The van der Waals surface area contributed by atoms with Crippen molar-refractivity contribution in [3.05, 3.63) is 48.6 Å². The van der Waals surface area contributed by atoms with E-state index in [-0.39, 0.29) is 6.61 Å². The van der Waals surface area contributed by atoms with Gasteiger partial charge in [-0.2, -0.15) is 0 Å². The van der Waals surface area contributed by atoms with Crippen LogP contribution in [0.15, 0.2) is 43.0 Å². The van der Waals surface area contributed by atoms with Crippen LogP contribution in [0.5, 0.6) is 0 Å². The maximum absolute atomic E-state index is 12.4. The summed E-state index contributed by atoms with van der Waals surface area (Å²) < 4.78 is 23.1. The molecule has 1 unspecified atom stereocenters. The first-order valence-electron chi connectivity index (χ1n) is 5.73. The zero-order valence-corrected chi connectivity index (χ0v) is 11.1. The third-order valence-electron chi connectivity index (χ3n) is 2.10. The number of rotatable bonds is 8.